The molecule has 0 spiro atoms. The molecule has 1 unspecified atom stereocenters. The molecule has 2 heterocycles. The molecule has 0 bridgehead atoms. The van der Waals surface area contributed by atoms with E-state index < -0.39 is 0 Å². The number of nitrogens with one attached hydrogen (secondary N) is 1. The molecule has 0 fully saturated rings. The quantitative estimate of drug-likeness (QED) is 0.913. The van der Waals surface area contributed by atoms with Gasteiger partial charge in [-0.1, -0.05) is 27.7 Å². The molecule has 0 aromatic carbocycles. The van der Waals surface area contributed by atoms with Crippen molar-refractivity contribution in [2.45, 2.75) is 72.0 Å². The summed E-state index contributed by atoms with van der Waals surface area (Å²) in [5, 5.41) is 4.52. The van der Waals surface area contributed by atoms with Gasteiger partial charge in [0.25, 0.3) is 5.56 Å². The maximum atomic E-state index is 12.8. The third-order valence-electron chi connectivity index (χ3n) is 4.55. The van der Waals surface area contributed by atoms with E-state index in [2.05, 4.69) is 38.0 Å². The van der Waals surface area contributed by atoms with Crippen molar-refractivity contribution in [1.29, 1.82) is 0 Å². The maximum Gasteiger partial charge on any atom is 0.262 e. The highest BCUT2D eigenvalue weighted by Crippen LogP contribution is 2.33. The number of nitrogens with zero attached hydrogens (tertiary/aromatic N) is 2. The molecule has 1 atom stereocenters. The Labute approximate surface area is 141 Å². The lowest BCUT2D eigenvalue weighted by Gasteiger charge is -2.25. The Balaban J connectivity index is 1.93. The fourth-order valence-corrected chi connectivity index (χ4v) is 4.63. The van der Waals surface area contributed by atoms with E-state index in [-0.39, 0.29) is 5.56 Å². The summed E-state index contributed by atoms with van der Waals surface area (Å²) in [6.07, 6.45) is 5.88. The number of aromatic nitrogens is 2. The van der Waals surface area contributed by atoms with Crippen molar-refractivity contribution in [2.75, 3.05) is 0 Å². The minimum absolute atomic E-state index is 0.156. The first-order chi connectivity index (χ1) is 11.0. The molecule has 2 aromatic rings. The predicted molar refractivity (Wildman–Crippen MR) is 97.4 cm³/mol. The molecule has 126 valence electrons. The molecule has 0 amide bonds. The van der Waals surface area contributed by atoms with Crippen LogP contribution >= 0.6 is 11.3 Å². The second-order valence-corrected chi connectivity index (χ2v) is 8.45. The van der Waals surface area contributed by atoms with E-state index in [0.29, 0.717) is 18.0 Å². The highest BCUT2D eigenvalue weighted by atomic mass is 32.1. The number of aryl methyl sites for hydroxylation is 2. The monoisotopic (exact) mass is 333 g/mol. The molecule has 23 heavy (non-hydrogen) atoms. The molecule has 3 rings (SSSR count). The van der Waals surface area contributed by atoms with Crippen molar-refractivity contribution in [2.24, 2.45) is 5.92 Å². The van der Waals surface area contributed by atoms with Crippen LogP contribution in [-0.4, -0.2) is 21.6 Å². The van der Waals surface area contributed by atoms with Crippen LogP contribution in [0.3, 0.4) is 0 Å². The van der Waals surface area contributed by atoms with Gasteiger partial charge in [-0.15, -0.1) is 11.3 Å². The van der Waals surface area contributed by atoms with Gasteiger partial charge in [0.1, 0.15) is 4.83 Å². The summed E-state index contributed by atoms with van der Waals surface area (Å²) in [4.78, 5) is 19.7. The highest BCUT2D eigenvalue weighted by molar-refractivity contribution is 7.18. The second-order valence-electron chi connectivity index (χ2n) is 7.37. The molecule has 1 aliphatic rings. The zero-order valence-electron chi connectivity index (χ0n) is 14.6. The third kappa shape index (κ3) is 3.50. The van der Waals surface area contributed by atoms with Gasteiger partial charge in [0.15, 0.2) is 0 Å². The number of rotatable bonds is 5. The molecular formula is C18H27N3OS. The Morgan fingerprint density at radius 2 is 2.17 bits per heavy atom. The van der Waals surface area contributed by atoms with E-state index in [1.807, 2.05) is 0 Å². The van der Waals surface area contributed by atoms with Crippen LogP contribution in [0.2, 0.25) is 0 Å². The van der Waals surface area contributed by atoms with E-state index >= 15 is 0 Å². The van der Waals surface area contributed by atoms with E-state index in [9.17, 15) is 4.79 Å². The Hall–Kier alpha value is -1.20. The maximum absolute atomic E-state index is 12.8. The first-order valence-electron chi connectivity index (χ1n) is 8.71. The zero-order chi connectivity index (χ0) is 16.6. The largest absolute Gasteiger partial charge is 0.311 e. The standard InChI is InChI=1S/C18H27N3OS/c1-11(2)7-8-21-10-19-17-16(18(21)22)14-6-5-13(20-12(3)4)9-15(14)23-17/h10-13,20H,5-9H2,1-4H3. The van der Waals surface area contributed by atoms with Gasteiger partial charge in [-0.2, -0.15) is 0 Å². The summed E-state index contributed by atoms with van der Waals surface area (Å²) in [5.74, 6) is 0.594. The molecule has 0 saturated heterocycles. The van der Waals surface area contributed by atoms with Gasteiger partial charge in [0.2, 0.25) is 0 Å². The molecule has 0 saturated carbocycles. The van der Waals surface area contributed by atoms with Gasteiger partial charge in [0, 0.05) is 23.5 Å². The minimum Gasteiger partial charge on any atom is -0.311 e. The van der Waals surface area contributed by atoms with Crippen LogP contribution in [0.1, 0.15) is 51.0 Å². The van der Waals surface area contributed by atoms with Crippen molar-refractivity contribution >= 4 is 21.6 Å². The van der Waals surface area contributed by atoms with E-state index in [4.69, 9.17) is 0 Å². The third-order valence-corrected chi connectivity index (χ3v) is 5.71. The first kappa shape index (κ1) is 16.7. The lowest BCUT2D eigenvalue weighted by Crippen LogP contribution is -2.38. The number of hydrogen-bond acceptors (Lipinski definition) is 4. The van der Waals surface area contributed by atoms with Crippen LogP contribution < -0.4 is 10.9 Å². The van der Waals surface area contributed by atoms with Gasteiger partial charge >= 0.3 is 0 Å². The Bertz CT molecular complexity index is 745. The topological polar surface area (TPSA) is 46.9 Å². The van der Waals surface area contributed by atoms with Crippen molar-refractivity contribution in [3.05, 3.63) is 27.1 Å². The number of thiophene rings is 1. The van der Waals surface area contributed by atoms with Gasteiger partial charge < -0.3 is 5.32 Å². The fourth-order valence-electron chi connectivity index (χ4n) is 3.37. The van der Waals surface area contributed by atoms with Gasteiger partial charge in [-0.25, -0.2) is 4.98 Å². The van der Waals surface area contributed by atoms with E-state index in [1.54, 1.807) is 22.2 Å². The lowest BCUT2D eigenvalue weighted by atomic mass is 9.92. The van der Waals surface area contributed by atoms with Crippen LogP contribution in [0, 0.1) is 5.92 Å². The van der Waals surface area contributed by atoms with E-state index in [1.165, 1.54) is 10.4 Å². The Kier molecular flexibility index (Phi) is 4.87. The van der Waals surface area contributed by atoms with Gasteiger partial charge in [-0.3, -0.25) is 9.36 Å². The van der Waals surface area contributed by atoms with Crippen LogP contribution in [0.5, 0.6) is 0 Å². The highest BCUT2D eigenvalue weighted by Gasteiger charge is 2.25. The molecule has 0 radical (unpaired) electrons. The normalized spacial score (nSPS) is 18.1. The van der Waals surface area contributed by atoms with Crippen molar-refractivity contribution in [1.82, 2.24) is 14.9 Å². The van der Waals surface area contributed by atoms with Crippen LogP contribution in [0.25, 0.3) is 10.2 Å². The van der Waals surface area contributed by atoms with Crippen molar-refractivity contribution < 1.29 is 0 Å². The average molecular weight is 334 g/mol. The molecule has 4 nitrogen and oxygen atoms in total. The van der Waals surface area contributed by atoms with E-state index in [0.717, 1.165) is 42.4 Å². The molecule has 0 aliphatic heterocycles. The Morgan fingerprint density at radius 3 is 2.87 bits per heavy atom. The smallest absolute Gasteiger partial charge is 0.262 e. The molecule has 2 aromatic heterocycles. The van der Waals surface area contributed by atoms with Crippen LogP contribution in [0.15, 0.2) is 11.1 Å². The summed E-state index contributed by atoms with van der Waals surface area (Å²) in [6.45, 7) is 9.52. The minimum atomic E-state index is 0.156. The summed E-state index contributed by atoms with van der Waals surface area (Å²) >= 11 is 1.71. The molecular weight excluding hydrogens is 306 g/mol. The average Bonchev–Trinajstić information content (AvgIpc) is 2.84. The van der Waals surface area contributed by atoms with Gasteiger partial charge in [0.05, 0.1) is 11.7 Å². The second kappa shape index (κ2) is 6.73. The summed E-state index contributed by atoms with van der Waals surface area (Å²) < 4.78 is 1.80. The van der Waals surface area contributed by atoms with Crippen molar-refractivity contribution in [3.63, 3.8) is 0 Å². The molecule has 1 aliphatic carbocycles. The van der Waals surface area contributed by atoms with Gasteiger partial charge in [-0.05, 0) is 37.2 Å². The summed E-state index contributed by atoms with van der Waals surface area (Å²) in [6, 6.07) is 1.03. The predicted octanol–water partition coefficient (Wildman–Crippen LogP) is 3.36. The lowest BCUT2D eigenvalue weighted by molar-refractivity contribution is 0.425. The summed E-state index contributed by atoms with van der Waals surface area (Å²) in [5.41, 5.74) is 1.42. The molecule has 1 N–H and O–H groups in total. The fraction of sp³-hybridized carbons (Fsp3) is 0.667. The SMILES string of the molecule is CC(C)CCn1cnc2sc3c(c2c1=O)CCC(NC(C)C)C3. The summed E-state index contributed by atoms with van der Waals surface area (Å²) in [7, 11) is 0. The first-order valence-corrected chi connectivity index (χ1v) is 9.53. The molecule has 5 heteroatoms. The number of hydrogen-bond donors (Lipinski definition) is 1. The zero-order valence-corrected chi connectivity index (χ0v) is 15.4. The van der Waals surface area contributed by atoms with Crippen LogP contribution in [0.4, 0.5) is 0 Å². The number of fused-ring (bicyclic) bond motifs is 3. The Morgan fingerprint density at radius 1 is 1.39 bits per heavy atom. The van der Waals surface area contributed by atoms with Crippen LogP contribution in [-0.2, 0) is 19.4 Å². The van der Waals surface area contributed by atoms with Crippen molar-refractivity contribution in [3.8, 4) is 0 Å².